The Morgan fingerprint density at radius 2 is 1.75 bits per heavy atom. The summed E-state index contributed by atoms with van der Waals surface area (Å²) < 4.78 is 50.0. The van der Waals surface area contributed by atoms with Crippen LogP contribution in [0.1, 0.15) is 31.4 Å². The fourth-order valence-electron chi connectivity index (χ4n) is 2.04. The first-order valence-corrected chi connectivity index (χ1v) is 6.62. The summed E-state index contributed by atoms with van der Waals surface area (Å²) in [5.74, 6) is -0.356. The molecule has 0 radical (unpaired) electrons. The van der Waals surface area contributed by atoms with E-state index in [4.69, 9.17) is 5.73 Å². The number of nitrogens with zero attached hydrogens (tertiary/aromatic N) is 1. The molecule has 0 aliphatic heterocycles. The molecule has 0 aliphatic carbocycles. The summed E-state index contributed by atoms with van der Waals surface area (Å²) in [6.07, 6.45) is -3.14. The smallest absolute Gasteiger partial charge is 0.324 e. The molecule has 114 valence electrons. The fourth-order valence-corrected chi connectivity index (χ4v) is 2.04. The zero-order valence-electron chi connectivity index (χ0n) is 11.5. The summed E-state index contributed by atoms with van der Waals surface area (Å²) in [6, 6.07) is 5.34. The molecule has 0 fully saturated rings. The van der Waals surface area contributed by atoms with Gasteiger partial charge in [0.15, 0.2) is 0 Å². The minimum absolute atomic E-state index is 0.270. The quantitative estimate of drug-likeness (QED) is 0.779. The third-order valence-electron chi connectivity index (χ3n) is 3.00. The topological polar surface area (TPSA) is 29.3 Å². The molecule has 0 aliphatic rings. The van der Waals surface area contributed by atoms with Crippen LogP contribution in [-0.4, -0.2) is 30.7 Å². The lowest BCUT2D eigenvalue weighted by Gasteiger charge is -2.24. The largest absolute Gasteiger partial charge is 0.401 e. The molecule has 0 bridgehead atoms. The molecule has 0 heterocycles. The van der Waals surface area contributed by atoms with Crippen LogP contribution in [0.25, 0.3) is 0 Å². The summed E-state index contributed by atoms with van der Waals surface area (Å²) in [5, 5.41) is 0. The zero-order chi connectivity index (χ0) is 15.2. The van der Waals surface area contributed by atoms with Crippen LogP contribution in [0.15, 0.2) is 24.3 Å². The van der Waals surface area contributed by atoms with Crippen molar-refractivity contribution in [1.29, 1.82) is 0 Å². The van der Waals surface area contributed by atoms with E-state index in [0.717, 1.165) is 5.56 Å². The molecular formula is C14H20F4N2. The van der Waals surface area contributed by atoms with Gasteiger partial charge in [0, 0.05) is 12.6 Å². The number of alkyl halides is 3. The molecule has 0 saturated heterocycles. The summed E-state index contributed by atoms with van der Waals surface area (Å²) in [5.41, 5.74) is 6.65. The van der Waals surface area contributed by atoms with Gasteiger partial charge in [-0.05, 0) is 37.1 Å². The van der Waals surface area contributed by atoms with Crippen LogP contribution in [0.4, 0.5) is 17.6 Å². The van der Waals surface area contributed by atoms with Crippen molar-refractivity contribution in [3.05, 3.63) is 35.6 Å². The highest BCUT2D eigenvalue weighted by Gasteiger charge is 2.30. The lowest BCUT2D eigenvalue weighted by Crippen LogP contribution is -2.36. The van der Waals surface area contributed by atoms with Crippen LogP contribution in [0.5, 0.6) is 0 Å². The van der Waals surface area contributed by atoms with Crippen LogP contribution < -0.4 is 5.73 Å². The Hall–Kier alpha value is -1.14. The van der Waals surface area contributed by atoms with Crippen molar-refractivity contribution in [3.63, 3.8) is 0 Å². The Bertz CT molecular complexity index is 389. The Morgan fingerprint density at radius 3 is 2.25 bits per heavy atom. The second-order valence-corrected chi connectivity index (χ2v) is 4.84. The summed E-state index contributed by atoms with van der Waals surface area (Å²) >= 11 is 0. The van der Waals surface area contributed by atoms with Crippen LogP contribution in [0.2, 0.25) is 0 Å². The first-order chi connectivity index (χ1) is 9.31. The SMILES string of the molecule is CCCN(CCC(N)c1ccc(F)cc1)CC(F)(F)F. The second kappa shape index (κ2) is 7.59. The molecule has 1 atom stereocenters. The van der Waals surface area contributed by atoms with Gasteiger partial charge in [-0.1, -0.05) is 19.1 Å². The molecule has 2 nitrogen and oxygen atoms in total. The number of rotatable bonds is 7. The first-order valence-electron chi connectivity index (χ1n) is 6.62. The Labute approximate surface area is 116 Å². The average Bonchev–Trinajstić information content (AvgIpc) is 2.35. The molecule has 20 heavy (non-hydrogen) atoms. The molecule has 0 spiro atoms. The van der Waals surface area contributed by atoms with Crippen molar-refractivity contribution in [2.45, 2.75) is 32.0 Å². The second-order valence-electron chi connectivity index (χ2n) is 4.84. The molecule has 1 aromatic rings. The predicted molar refractivity (Wildman–Crippen MR) is 70.7 cm³/mol. The van der Waals surface area contributed by atoms with Gasteiger partial charge in [-0.15, -0.1) is 0 Å². The van der Waals surface area contributed by atoms with E-state index < -0.39 is 12.7 Å². The zero-order valence-corrected chi connectivity index (χ0v) is 11.5. The van der Waals surface area contributed by atoms with Crippen molar-refractivity contribution in [3.8, 4) is 0 Å². The average molecular weight is 292 g/mol. The van der Waals surface area contributed by atoms with Gasteiger partial charge in [0.1, 0.15) is 5.82 Å². The van der Waals surface area contributed by atoms with E-state index >= 15 is 0 Å². The lowest BCUT2D eigenvalue weighted by molar-refractivity contribution is -0.146. The summed E-state index contributed by atoms with van der Waals surface area (Å²) in [6.45, 7) is 1.57. The number of hydrogen-bond acceptors (Lipinski definition) is 2. The molecule has 6 heteroatoms. The third-order valence-corrected chi connectivity index (χ3v) is 3.00. The normalized spacial score (nSPS) is 13.8. The molecule has 2 N–H and O–H groups in total. The maximum atomic E-state index is 12.8. The fraction of sp³-hybridized carbons (Fsp3) is 0.571. The van der Waals surface area contributed by atoms with Gasteiger partial charge in [-0.3, -0.25) is 4.90 Å². The Kier molecular flexibility index (Phi) is 6.42. The third kappa shape index (κ3) is 6.34. The van der Waals surface area contributed by atoms with Crippen molar-refractivity contribution < 1.29 is 17.6 Å². The highest BCUT2D eigenvalue weighted by molar-refractivity contribution is 5.19. The molecule has 1 aromatic carbocycles. The first kappa shape index (κ1) is 16.9. The van der Waals surface area contributed by atoms with Gasteiger partial charge in [0.05, 0.1) is 6.54 Å². The van der Waals surface area contributed by atoms with E-state index in [1.54, 1.807) is 12.1 Å². The van der Waals surface area contributed by atoms with Crippen molar-refractivity contribution >= 4 is 0 Å². The Balaban J connectivity index is 2.51. The van der Waals surface area contributed by atoms with Gasteiger partial charge in [0.25, 0.3) is 0 Å². The summed E-state index contributed by atoms with van der Waals surface area (Å²) in [4.78, 5) is 1.35. The number of hydrogen-bond donors (Lipinski definition) is 1. The van der Waals surface area contributed by atoms with Gasteiger partial charge in [-0.25, -0.2) is 4.39 Å². The van der Waals surface area contributed by atoms with Crippen LogP contribution in [-0.2, 0) is 0 Å². The molecule has 1 unspecified atom stereocenters. The van der Waals surface area contributed by atoms with Crippen LogP contribution >= 0.6 is 0 Å². The monoisotopic (exact) mass is 292 g/mol. The minimum atomic E-state index is -4.20. The van der Waals surface area contributed by atoms with Gasteiger partial charge in [0.2, 0.25) is 0 Å². The van der Waals surface area contributed by atoms with Crippen LogP contribution in [0.3, 0.4) is 0 Å². The minimum Gasteiger partial charge on any atom is -0.324 e. The van der Waals surface area contributed by atoms with E-state index in [2.05, 4.69) is 0 Å². The lowest BCUT2D eigenvalue weighted by atomic mass is 10.0. The van der Waals surface area contributed by atoms with E-state index in [1.807, 2.05) is 6.92 Å². The maximum Gasteiger partial charge on any atom is 0.401 e. The molecular weight excluding hydrogens is 272 g/mol. The summed E-state index contributed by atoms with van der Waals surface area (Å²) in [7, 11) is 0. The van der Waals surface area contributed by atoms with Gasteiger partial charge in [-0.2, -0.15) is 13.2 Å². The van der Waals surface area contributed by atoms with E-state index in [0.29, 0.717) is 19.4 Å². The molecule has 0 saturated carbocycles. The molecule has 0 aromatic heterocycles. The number of benzene rings is 1. The van der Waals surface area contributed by atoms with E-state index in [9.17, 15) is 17.6 Å². The molecule has 1 rings (SSSR count). The number of halogens is 4. The standard InChI is InChI=1S/C14H20F4N2/c1-2-8-20(10-14(16,17)18)9-7-13(19)11-3-5-12(15)6-4-11/h3-6,13H,2,7-10,19H2,1H3. The highest BCUT2D eigenvalue weighted by Crippen LogP contribution is 2.19. The van der Waals surface area contributed by atoms with Crippen molar-refractivity contribution in [1.82, 2.24) is 4.90 Å². The van der Waals surface area contributed by atoms with Crippen LogP contribution in [0, 0.1) is 5.82 Å². The van der Waals surface area contributed by atoms with Gasteiger partial charge >= 0.3 is 6.18 Å². The van der Waals surface area contributed by atoms with E-state index in [-0.39, 0.29) is 18.4 Å². The van der Waals surface area contributed by atoms with Crippen molar-refractivity contribution in [2.24, 2.45) is 5.73 Å². The van der Waals surface area contributed by atoms with Crippen molar-refractivity contribution in [2.75, 3.05) is 19.6 Å². The molecule has 0 amide bonds. The number of nitrogens with two attached hydrogens (primary N) is 1. The van der Waals surface area contributed by atoms with Gasteiger partial charge < -0.3 is 5.73 Å². The maximum absolute atomic E-state index is 12.8. The Morgan fingerprint density at radius 1 is 1.15 bits per heavy atom. The highest BCUT2D eigenvalue weighted by atomic mass is 19.4. The predicted octanol–water partition coefficient (Wildman–Crippen LogP) is 3.49. The van der Waals surface area contributed by atoms with E-state index in [1.165, 1.54) is 17.0 Å².